The largest absolute Gasteiger partial charge is 1.00 e. The maximum atomic E-state index is 13.6. The predicted octanol–water partition coefficient (Wildman–Crippen LogP) is 2.33. The summed E-state index contributed by atoms with van der Waals surface area (Å²) in [4.78, 5) is 13.6. The van der Waals surface area contributed by atoms with Gasteiger partial charge in [0.05, 0.1) is 44.9 Å². The van der Waals surface area contributed by atoms with Gasteiger partial charge in [0.2, 0.25) is 0 Å². The van der Waals surface area contributed by atoms with Gasteiger partial charge in [-0.2, -0.15) is 0 Å². The average molecular weight is 486 g/mol. The van der Waals surface area contributed by atoms with Crippen LogP contribution in [-0.2, 0) is 0 Å². The molecule has 0 aromatic heterocycles. The Morgan fingerprint density at radius 2 is 1.09 bits per heavy atom. The van der Waals surface area contributed by atoms with Crippen LogP contribution in [-0.4, -0.2) is 45.2 Å². The Morgan fingerprint density at radius 3 is 1.44 bits per heavy atom. The first kappa shape index (κ1) is 30.0. The zero-order valence-corrected chi connectivity index (χ0v) is 22.9. The van der Waals surface area contributed by atoms with Gasteiger partial charge in [-0.25, -0.2) is 0 Å². The van der Waals surface area contributed by atoms with Crippen molar-refractivity contribution in [2.24, 2.45) is 0 Å². The summed E-state index contributed by atoms with van der Waals surface area (Å²) in [5.41, 5.74) is 0.165. The van der Waals surface area contributed by atoms with Crippen LogP contribution >= 0.6 is 8.58 Å². The molecule has 0 amide bonds. The summed E-state index contributed by atoms with van der Waals surface area (Å²) < 4.78 is 34.3. The van der Waals surface area contributed by atoms with Crippen LogP contribution in [0.4, 0.5) is 0 Å². The Kier molecular flexibility index (Phi) is 12.1. The van der Waals surface area contributed by atoms with E-state index >= 15 is 0 Å². The molecule has 0 heterocycles. The normalized spacial score (nSPS) is 11.1. The Morgan fingerprint density at radius 1 is 0.676 bits per heavy atom. The van der Waals surface area contributed by atoms with Gasteiger partial charge in [-0.1, -0.05) is 0 Å². The molecule has 2 rings (SSSR count). The Balaban J connectivity index is 0.00000578. The first-order chi connectivity index (χ1) is 15.6. The molecule has 0 N–H and O–H groups in total. The minimum absolute atomic E-state index is 0. The summed E-state index contributed by atoms with van der Waals surface area (Å²) in [6.45, 7) is 11.6. The molecule has 0 saturated heterocycles. The van der Waals surface area contributed by atoms with E-state index in [-0.39, 0.29) is 52.7 Å². The van der Waals surface area contributed by atoms with Crippen molar-refractivity contribution in [3.63, 3.8) is 0 Å². The van der Waals surface area contributed by atoms with Crippen LogP contribution in [0.3, 0.4) is 0 Å². The van der Waals surface area contributed by atoms with Crippen molar-refractivity contribution in [1.29, 1.82) is 0 Å². The molecule has 9 heteroatoms. The summed E-state index contributed by atoms with van der Waals surface area (Å²) in [6.07, 6.45) is -0.226. The molecule has 0 aliphatic carbocycles. The number of hydrogen-bond donors (Lipinski definition) is 0. The van der Waals surface area contributed by atoms with Gasteiger partial charge in [0.1, 0.15) is 40.1 Å². The van der Waals surface area contributed by atoms with E-state index in [1.54, 1.807) is 19.2 Å². The molecular formula is C25H36LiO7P. The Hall–Kier alpha value is -2.06. The number of methoxy groups -OCH3 is 3. The molecule has 0 aliphatic heterocycles. The first-order valence-electron chi connectivity index (χ1n) is 10.9. The molecule has 0 aliphatic rings. The van der Waals surface area contributed by atoms with Gasteiger partial charge >= 0.3 is 18.9 Å². The van der Waals surface area contributed by atoms with Crippen LogP contribution in [0.15, 0.2) is 24.3 Å². The summed E-state index contributed by atoms with van der Waals surface area (Å²) in [5, 5.41) is 0.665. The SMILES string of the molecule is COc1cc(OC)c(C(=O)Pc2c(OC(C)C)cc(OC(C)C)cc2OC(C)C)c(OC)c1.[H-].[Li+]. The molecule has 7 nitrogen and oxygen atoms in total. The van der Waals surface area contributed by atoms with Gasteiger partial charge in [0.25, 0.3) is 0 Å². The van der Waals surface area contributed by atoms with Crippen LogP contribution in [0, 0.1) is 0 Å². The van der Waals surface area contributed by atoms with Crippen molar-refractivity contribution in [3.05, 3.63) is 29.8 Å². The second kappa shape index (κ2) is 13.7. The van der Waals surface area contributed by atoms with Crippen molar-refractivity contribution < 1.29 is 53.5 Å². The van der Waals surface area contributed by atoms with E-state index in [2.05, 4.69) is 0 Å². The van der Waals surface area contributed by atoms with Gasteiger partial charge in [0, 0.05) is 24.3 Å². The van der Waals surface area contributed by atoms with Gasteiger partial charge in [-0.3, -0.25) is 4.79 Å². The molecule has 0 fully saturated rings. The number of ether oxygens (including phenoxy) is 6. The van der Waals surface area contributed by atoms with Crippen LogP contribution in [0.5, 0.6) is 34.5 Å². The zero-order chi connectivity index (χ0) is 24.7. The molecule has 1 atom stereocenters. The monoisotopic (exact) mass is 486 g/mol. The summed E-state index contributed by atoms with van der Waals surface area (Å²) in [7, 11) is 4.25. The van der Waals surface area contributed by atoms with E-state index in [4.69, 9.17) is 28.4 Å². The average Bonchev–Trinajstić information content (AvgIpc) is 2.73. The molecular weight excluding hydrogens is 450 g/mol. The number of hydrogen-bond acceptors (Lipinski definition) is 7. The second-order valence-corrected chi connectivity index (χ2v) is 9.36. The maximum absolute atomic E-state index is 13.6. The van der Waals surface area contributed by atoms with Crippen LogP contribution in [0.2, 0.25) is 0 Å². The van der Waals surface area contributed by atoms with Crippen molar-refractivity contribution in [2.75, 3.05) is 21.3 Å². The molecule has 0 saturated carbocycles. The van der Waals surface area contributed by atoms with Crippen molar-refractivity contribution in [1.82, 2.24) is 0 Å². The quantitative estimate of drug-likeness (QED) is 0.337. The number of carbonyl (C=O) groups is 1. The Labute approximate surface area is 218 Å². The summed E-state index contributed by atoms with van der Waals surface area (Å²) >= 11 is 0. The minimum Gasteiger partial charge on any atom is -1.00 e. The van der Waals surface area contributed by atoms with Gasteiger partial charge in [0.15, 0.2) is 5.52 Å². The van der Waals surface area contributed by atoms with E-state index in [0.29, 0.717) is 45.4 Å². The number of carbonyl (C=O) groups excluding carboxylic acids is 1. The molecule has 0 bridgehead atoms. The summed E-state index contributed by atoms with van der Waals surface area (Å²) in [5.74, 6) is 3.01. The van der Waals surface area contributed by atoms with Gasteiger partial charge in [-0.15, -0.1) is 0 Å². The van der Waals surface area contributed by atoms with Crippen molar-refractivity contribution in [3.8, 4) is 34.5 Å². The summed E-state index contributed by atoms with van der Waals surface area (Å²) in [6, 6.07) is 6.95. The second-order valence-electron chi connectivity index (χ2n) is 8.16. The molecule has 1 unspecified atom stereocenters. The van der Waals surface area contributed by atoms with Crippen molar-refractivity contribution >= 4 is 19.4 Å². The molecule has 2 aromatic carbocycles. The Bertz CT molecular complexity index is 911. The van der Waals surface area contributed by atoms with Crippen LogP contribution in [0.1, 0.15) is 53.3 Å². The van der Waals surface area contributed by atoms with Gasteiger partial charge in [-0.05, 0) is 50.1 Å². The third-order valence-electron chi connectivity index (χ3n) is 4.32. The van der Waals surface area contributed by atoms with Crippen LogP contribution in [0.25, 0.3) is 0 Å². The predicted molar refractivity (Wildman–Crippen MR) is 133 cm³/mol. The molecule has 34 heavy (non-hydrogen) atoms. The van der Waals surface area contributed by atoms with E-state index in [1.165, 1.54) is 14.2 Å². The number of rotatable bonds is 12. The third-order valence-corrected chi connectivity index (χ3v) is 5.54. The standard InChI is InChI=1S/C25H35O7P.Li.H/c1-14(2)30-18-12-21(31-15(3)4)24(22(13-18)32-16(5)6)33-25(26)23-19(28-8)10-17(27-7)11-20(23)29-9;;/h10-16,33H,1-9H3;;/q;+1;-1. The van der Waals surface area contributed by atoms with E-state index in [9.17, 15) is 4.79 Å². The first-order valence-corrected chi connectivity index (χ1v) is 11.9. The smallest absolute Gasteiger partial charge is 1.00 e. The maximum Gasteiger partial charge on any atom is 1.00 e. The van der Waals surface area contributed by atoms with E-state index in [0.717, 1.165) is 0 Å². The van der Waals surface area contributed by atoms with Crippen LogP contribution < -0.4 is 52.6 Å². The van der Waals surface area contributed by atoms with Gasteiger partial charge < -0.3 is 29.8 Å². The molecule has 0 spiro atoms. The van der Waals surface area contributed by atoms with Crippen molar-refractivity contribution in [2.45, 2.75) is 59.9 Å². The zero-order valence-electron chi connectivity index (χ0n) is 22.9. The number of benzene rings is 2. The fourth-order valence-electron chi connectivity index (χ4n) is 3.13. The fraction of sp³-hybridized carbons (Fsp3) is 0.480. The fourth-order valence-corrected chi connectivity index (χ4v) is 4.24. The molecule has 0 radical (unpaired) electrons. The molecule has 184 valence electrons. The van der Waals surface area contributed by atoms with E-state index < -0.39 is 0 Å². The van der Waals surface area contributed by atoms with E-state index in [1.807, 2.05) is 53.7 Å². The topological polar surface area (TPSA) is 72.5 Å². The molecule has 2 aromatic rings. The minimum atomic E-state index is -0.304. The third kappa shape index (κ3) is 8.01.